The third-order valence-corrected chi connectivity index (χ3v) is 6.91. The van der Waals surface area contributed by atoms with Crippen molar-refractivity contribution in [2.45, 2.75) is 29.0 Å². The Morgan fingerprint density at radius 3 is 2.79 bits per heavy atom. The molecule has 1 saturated heterocycles. The number of carbonyl (C=O) groups is 1. The molecule has 5 rings (SSSR count). The van der Waals surface area contributed by atoms with Crippen LogP contribution in [0, 0.1) is 0 Å². The Morgan fingerprint density at radius 2 is 2.07 bits per heavy atom. The molecule has 6 nitrogen and oxygen atoms in total. The van der Waals surface area contributed by atoms with Crippen molar-refractivity contribution in [1.29, 1.82) is 0 Å². The van der Waals surface area contributed by atoms with Gasteiger partial charge in [0.05, 0.1) is 23.0 Å². The van der Waals surface area contributed by atoms with Gasteiger partial charge in [-0.3, -0.25) is 4.79 Å². The first-order valence-electron chi connectivity index (χ1n) is 9.99. The maximum Gasteiger partial charge on any atom is 0.251 e. The van der Waals surface area contributed by atoms with Crippen LogP contribution in [0.5, 0.6) is 0 Å². The molecule has 0 bridgehead atoms. The topological polar surface area (TPSA) is 62.2 Å². The summed E-state index contributed by atoms with van der Waals surface area (Å²) < 4.78 is 2.23. The van der Waals surface area contributed by atoms with E-state index in [1.54, 1.807) is 11.8 Å². The van der Waals surface area contributed by atoms with Gasteiger partial charge < -0.3 is 20.1 Å². The number of thioether (sulfide) groups is 1. The zero-order chi connectivity index (χ0) is 20.0. The number of amides is 1. The molecule has 1 amide bonds. The second kappa shape index (κ2) is 7.48. The molecule has 3 heterocycles. The smallest absolute Gasteiger partial charge is 0.251 e. The van der Waals surface area contributed by atoms with Crippen molar-refractivity contribution in [3.63, 3.8) is 0 Å². The predicted octanol–water partition coefficient (Wildman–Crippen LogP) is 2.21. The summed E-state index contributed by atoms with van der Waals surface area (Å²) in [7, 11) is 4.02. The average molecular weight is 408 g/mol. The SMILES string of the molecule is CNCc1ccc(-c2cn3c(n2)SC2C=C(C(=O)NC4CN(C)C4)C=CC23)cc1. The number of imidazole rings is 1. The lowest BCUT2D eigenvalue weighted by Crippen LogP contribution is -2.57. The minimum Gasteiger partial charge on any atom is -0.347 e. The third kappa shape index (κ3) is 3.54. The number of hydrogen-bond acceptors (Lipinski definition) is 5. The summed E-state index contributed by atoms with van der Waals surface area (Å²) in [6, 6.07) is 9.02. The lowest BCUT2D eigenvalue weighted by Gasteiger charge is -2.36. The molecule has 3 aliphatic rings. The highest BCUT2D eigenvalue weighted by Crippen LogP contribution is 2.44. The van der Waals surface area contributed by atoms with E-state index in [2.05, 4.69) is 69.8 Å². The van der Waals surface area contributed by atoms with Crippen LogP contribution in [-0.4, -0.2) is 58.8 Å². The van der Waals surface area contributed by atoms with Crippen LogP contribution in [0.2, 0.25) is 0 Å². The van der Waals surface area contributed by atoms with Crippen LogP contribution in [0.15, 0.2) is 59.4 Å². The molecule has 2 aliphatic heterocycles. The summed E-state index contributed by atoms with van der Waals surface area (Å²) in [6.07, 6.45) is 8.32. The number of carbonyl (C=O) groups excluding carboxylic acids is 1. The number of allylic oxidation sites excluding steroid dienone is 1. The molecule has 1 fully saturated rings. The van der Waals surface area contributed by atoms with Gasteiger partial charge in [-0.05, 0) is 19.7 Å². The molecule has 1 aromatic heterocycles. The van der Waals surface area contributed by atoms with E-state index in [9.17, 15) is 4.79 Å². The van der Waals surface area contributed by atoms with Crippen LogP contribution >= 0.6 is 11.8 Å². The van der Waals surface area contributed by atoms with Gasteiger partial charge in [-0.2, -0.15) is 0 Å². The Balaban J connectivity index is 1.29. The molecule has 7 heteroatoms. The number of hydrogen-bond donors (Lipinski definition) is 2. The fourth-order valence-electron chi connectivity index (χ4n) is 4.14. The normalized spacial score (nSPS) is 23.3. The molecule has 2 N–H and O–H groups in total. The summed E-state index contributed by atoms with van der Waals surface area (Å²) >= 11 is 1.73. The van der Waals surface area contributed by atoms with Crippen LogP contribution in [0.25, 0.3) is 11.3 Å². The third-order valence-electron chi connectivity index (χ3n) is 5.71. The maximum atomic E-state index is 12.5. The second-order valence-corrected chi connectivity index (χ2v) is 9.13. The number of benzene rings is 1. The van der Waals surface area contributed by atoms with Crippen LogP contribution in [0.4, 0.5) is 0 Å². The quantitative estimate of drug-likeness (QED) is 0.796. The number of nitrogens with one attached hydrogen (secondary N) is 2. The maximum absolute atomic E-state index is 12.5. The highest BCUT2D eigenvalue weighted by atomic mass is 32.2. The number of fused-ring (bicyclic) bond motifs is 3. The van der Waals surface area contributed by atoms with Crippen molar-refractivity contribution in [2.24, 2.45) is 0 Å². The molecule has 0 radical (unpaired) electrons. The van der Waals surface area contributed by atoms with Crippen molar-refractivity contribution in [2.75, 3.05) is 27.2 Å². The van der Waals surface area contributed by atoms with Gasteiger partial charge in [0.2, 0.25) is 0 Å². The van der Waals surface area contributed by atoms with E-state index in [1.165, 1.54) is 5.56 Å². The zero-order valence-corrected chi connectivity index (χ0v) is 17.4. The minimum atomic E-state index is 0.0327. The number of likely N-dealkylation sites (N-methyl/N-ethyl adjacent to an activating group) is 1. The molecular weight excluding hydrogens is 382 g/mol. The number of aromatic nitrogens is 2. The predicted molar refractivity (Wildman–Crippen MR) is 116 cm³/mol. The Kier molecular flexibility index (Phi) is 4.81. The van der Waals surface area contributed by atoms with Crippen molar-refractivity contribution < 1.29 is 4.79 Å². The molecule has 29 heavy (non-hydrogen) atoms. The lowest BCUT2D eigenvalue weighted by atomic mass is 10.0. The van der Waals surface area contributed by atoms with Gasteiger partial charge in [0.15, 0.2) is 5.16 Å². The molecule has 2 unspecified atom stereocenters. The van der Waals surface area contributed by atoms with Gasteiger partial charge in [-0.15, -0.1) is 0 Å². The molecule has 2 atom stereocenters. The first-order valence-corrected chi connectivity index (χ1v) is 10.9. The van der Waals surface area contributed by atoms with Gasteiger partial charge in [0.1, 0.15) is 0 Å². The molecule has 150 valence electrons. The molecule has 1 aromatic carbocycles. The molecule has 0 spiro atoms. The second-order valence-electron chi connectivity index (χ2n) is 7.99. The van der Waals surface area contributed by atoms with Crippen molar-refractivity contribution in [3.05, 3.63) is 59.8 Å². The van der Waals surface area contributed by atoms with E-state index >= 15 is 0 Å². The van der Waals surface area contributed by atoms with E-state index in [1.807, 2.05) is 13.1 Å². The zero-order valence-electron chi connectivity index (χ0n) is 16.6. The van der Waals surface area contributed by atoms with Crippen LogP contribution in [-0.2, 0) is 11.3 Å². The largest absolute Gasteiger partial charge is 0.347 e. The fraction of sp³-hybridized carbons (Fsp3) is 0.364. The molecule has 2 aromatic rings. The summed E-state index contributed by atoms with van der Waals surface area (Å²) in [5, 5.41) is 7.52. The van der Waals surface area contributed by atoms with Gasteiger partial charge >= 0.3 is 0 Å². The van der Waals surface area contributed by atoms with Crippen molar-refractivity contribution in [1.82, 2.24) is 25.1 Å². The van der Waals surface area contributed by atoms with E-state index in [4.69, 9.17) is 4.98 Å². The summed E-state index contributed by atoms with van der Waals surface area (Å²) in [6.45, 7) is 2.72. The Morgan fingerprint density at radius 1 is 1.28 bits per heavy atom. The first kappa shape index (κ1) is 18.7. The summed E-state index contributed by atoms with van der Waals surface area (Å²) in [5.41, 5.74) is 4.15. The Bertz CT molecular complexity index is 987. The van der Waals surface area contributed by atoms with Crippen LogP contribution < -0.4 is 10.6 Å². The van der Waals surface area contributed by atoms with E-state index in [-0.39, 0.29) is 23.2 Å². The molecule has 0 saturated carbocycles. The Hall–Kier alpha value is -2.35. The van der Waals surface area contributed by atoms with E-state index < -0.39 is 0 Å². The minimum absolute atomic E-state index is 0.0327. The van der Waals surface area contributed by atoms with Gasteiger partial charge in [-0.1, -0.05) is 54.3 Å². The summed E-state index contributed by atoms with van der Waals surface area (Å²) in [5.74, 6) is 0.0327. The number of likely N-dealkylation sites (tertiary alicyclic amines) is 1. The van der Waals surface area contributed by atoms with Crippen molar-refractivity contribution >= 4 is 17.7 Å². The average Bonchev–Trinajstić information content (AvgIpc) is 3.25. The van der Waals surface area contributed by atoms with E-state index in [0.29, 0.717) is 0 Å². The van der Waals surface area contributed by atoms with Gasteiger partial charge in [0, 0.05) is 37.0 Å². The fourth-order valence-corrected chi connectivity index (χ4v) is 5.41. The monoisotopic (exact) mass is 407 g/mol. The Labute approximate surface area is 175 Å². The lowest BCUT2D eigenvalue weighted by molar-refractivity contribution is -0.118. The van der Waals surface area contributed by atoms with Crippen LogP contribution in [0.3, 0.4) is 0 Å². The van der Waals surface area contributed by atoms with Gasteiger partial charge in [0.25, 0.3) is 5.91 Å². The number of rotatable bonds is 5. The standard InChI is InChI=1S/C22H25N5OS/c1-23-10-14-3-5-15(6-4-14)18-13-27-19-8-7-16(9-20(19)29-22(27)25-18)21(28)24-17-11-26(2)12-17/h3-9,13,17,19-20,23H,10-12H2,1-2H3,(H,24,28). The van der Waals surface area contributed by atoms with Crippen molar-refractivity contribution in [3.8, 4) is 11.3 Å². The summed E-state index contributed by atoms with van der Waals surface area (Å²) in [4.78, 5) is 19.6. The molecular formula is C22H25N5OS. The first-order chi connectivity index (χ1) is 14.1. The molecule has 1 aliphatic carbocycles. The van der Waals surface area contributed by atoms with Gasteiger partial charge in [-0.25, -0.2) is 4.98 Å². The van der Waals surface area contributed by atoms with Crippen LogP contribution in [0.1, 0.15) is 11.6 Å². The van der Waals surface area contributed by atoms with E-state index in [0.717, 1.165) is 41.6 Å². The highest BCUT2D eigenvalue weighted by molar-refractivity contribution is 8.00. The number of nitrogens with zero attached hydrogens (tertiary/aromatic N) is 3. The highest BCUT2D eigenvalue weighted by Gasteiger charge is 2.35.